The summed E-state index contributed by atoms with van der Waals surface area (Å²) in [6.07, 6.45) is -10.8. The van der Waals surface area contributed by atoms with E-state index in [9.17, 15) is 63.0 Å². The third kappa shape index (κ3) is 12.8. The van der Waals surface area contributed by atoms with Crippen molar-refractivity contribution in [1.29, 1.82) is 0 Å². The van der Waals surface area contributed by atoms with Gasteiger partial charge in [-0.1, -0.05) is 42.6 Å². The predicted molar refractivity (Wildman–Crippen MR) is 284 cm³/mol. The SMILES string of the molecule is COC1C(OP(=O)(O)OC[C@H]2O[C@@H](n3cnc4c(=O)[nH]c(N)nc43)C(O)C2O)[C@@H](COP(=O)(O)OP(=O)(S)OP(=O)(O)OC[C@H]2O[C@@H](n3c[n+](C)c4c(=O)[nH]c(N)nc43)C(CO)C2CO)O[C@H]1n1cnc2c(NCc3ccccc3)ncnc21. The van der Waals surface area contributed by atoms with E-state index < -0.39 is 148 Å². The van der Waals surface area contributed by atoms with Crippen molar-refractivity contribution in [3.63, 3.8) is 0 Å². The van der Waals surface area contributed by atoms with Crippen molar-refractivity contribution in [2.75, 3.05) is 56.9 Å². The van der Waals surface area contributed by atoms with Gasteiger partial charge in [0.2, 0.25) is 24.5 Å². The minimum absolute atomic E-state index is 0.0178. The lowest BCUT2D eigenvalue weighted by Crippen LogP contribution is -2.38. The first-order valence-electron chi connectivity index (χ1n) is 24.7. The van der Waals surface area contributed by atoms with Crippen molar-refractivity contribution in [1.82, 2.24) is 53.6 Å². The number of nitrogens with one attached hydrogen (secondary N) is 3. The second-order valence-corrected chi connectivity index (χ2v) is 26.5. The van der Waals surface area contributed by atoms with Crippen molar-refractivity contribution in [2.45, 2.75) is 68.0 Å². The molecule has 3 aliphatic heterocycles. The van der Waals surface area contributed by atoms with Gasteiger partial charge in [0.15, 0.2) is 40.6 Å². The molecule has 1 aromatic carbocycles. The Bertz CT molecular complexity index is 3880. The molecule has 9 heterocycles. The molecule has 0 bridgehead atoms. The molecule has 0 spiro atoms. The number of benzene rings is 1. The van der Waals surface area contributed by atoms with Gasteiger partial charge in [-0.25, -0.2) is 42.8 Å². The quantitative estimate of drug-likeness (QED) is 0.0191. The number of anilines is 3. The maximum absolute atomic E-state index is 13.9. The molecule has 3 aliphatic rings. The van der Waals surface area contributed by atoms with Gasteiger partial charge >= 0.3 is 35.8 Å². The largest absolute Gasteiger partial charge is 0.480 e. The van der Waals surface area contributed by atoms with Crippen molar-refractivity contribution in [3.05, 3.63) is 81.9 Å². The average molecular weight is 1280 g/mol. The molecule has 3 saturated heterocycles. The highest BCUT2D eigenvalue weighted by molar-refractivity contribution is 8.45. The third-order valence-corrected chi connectivity index (χ3v) is 20.2. The van der Waals surface area contributed by atoms with Crippen LogP contribution in [0.3, 0.4) is 0 Å². The number of hydrogen-bond acceptors (Lipinski definition) is 29. The lowest BCUT2D eigenvalue weighted by Gasteiger charge is -2.26. The number of H-pyrrole nitrogens is 2. The Morgan fingerprint density at radius 3 is 1.95 bits per heavy atom. The molecule has 14 N–H and O–H groups in total. The molecule has 84 heavy (non-hydrogen) atoms. The summed E-state index contributed by atoms with van der Waals surface area (Å²) in [6.45, 7) is -9.58. The van der Waals surface area contributed by atoms with Crippen molar-refractivity contribution < 1.29 is 104 Å². The van der Waals surface area contributed by atoms with Crippen LogP contribution in [0, 0.1) is 11.8 Å². The minimum Gasteiger partial charge on any atom is -0.396 e. The Hall–Kier alpha value is -5.54. The maximum Gasteiger partial charge on any atom is 0.480 e. The Morgan fingerprint density at radius 2 is 1.29 bits per heavy atom. The number of hydrogen-bond donors (Lipinski definition) is 13. The number of nitrogens with two attached hydrogens (primary N) is 2. The van der Waals surface area contributed by atoms with E-state index >= 15 is 0 Å². The molecular formula is C41H54N15O23P4S+. The summed E-state index contributed by atoms with van der Waals surface area (Å²) in [4.78, 5) is 87.7. The van der Waals surface area contributed by atoms with Gasteiger partial charge in [-0.15, -0.1) is 0 Å². The van der Waals surface area contributed by atoms with Crippen LogP contribution in [0.1, 0.15) is 24.2 Å². The maximum atomic E-state index is 13.9. The highest BCUT2D eigenvalue weighted by Crippen LogP contribution is 2.72. The summed E-state index contributed by atoms with van der Waals surface area (Å²) < 4.78 is 113. The fourth-order valence-corrected chi connectivity index (χ4v) is 16.0. The number of rotatable bonds is 24. The summed E-state index contributed by atoms with van der Waals surface area (Å²) in [5.41, 5.74) is 11.1. The highest BCUT2D eigenvalue weighted by atomic mass is 32.7. The van der Waals surface area contributed by atoms with Crippen molar-refractivity contribution in [3.8, 4) is 0 Å². The number of ether oxygens (including phenoxy) is 4. The van der Waals surface area contributed by atoms with Gasteiger partial charge < -0.3 is 70.8 Å². The lowest BCUT2D eigenvalue weighted by atomic mass is 9.91. The summed E-state index contributed by atoms with van der Waals surface area (Å²) in [5, 5.41) is 45.8. The van der Waals surface area contributed by atoms with E-state index in [1.54, 1.807) is 0 Å². The Kier molecular flexibility index (Phi) is 17.8. The van der Waals surface area contributed by atoms with Crippen molar-refractivity contribution in [2.24, 2.45) is 18.9 Å². The predicted octanol–water partition coefficient (Wildman–Crippen LogP) is -1.25. The first kappa shape index (κ1) is 61.5. The van der Waals surface area contributed by atoms with Crippen LogP contribution in [0.25, 0.3) is 33.5 Å². The number of aliphatic hydroxyl groups is 4. The number of nitrogens with zero attached hydrogens (tertiary/aromatic N) is 10. The molecular weight excluding hydrogens is 1230 g/mol. The van der Waals surface area contributed by atoms with E-state index in [0.717, 1.165) is 23.6 Å². The van der Waals surface area contributed by atoms with Crippen LogP contribution in [-0.2, 0) is 77.5 Å². The number of nitrogen functional groups attached to an aromatic ring is 2. The fraction of sp³-hybridized carbons (Fsp3) is 0.488. The van der Waals surface area contributed by atoms with Gasteiger partial charge in [0.1, 0.15) is 43.0 Å². The van der Waals surface area contributed by atoms with Gasteiger partial charge in [0.25, 0.3) is 16.7 Å². The van der Waals surface area contributed by atoms with Gasteiger partial charge in [0, 0.05) is 26.2 Å². The van der Waals surface area contributed by atoms with Gasteiger partial charge in [-0.2, -0.15) is 23.2 Å². The van der Waals surface area contributed by atoms with Crippen LogP contribution in [0.4, 0.5) is 17.7 Å². The molecule has 0 saturated carbocycles. The number of thiol groups is 1. The monoisotopic (exact) mass is 1280 g/mol. The summed E-state index contributed by atoms with van der Waals surface area (Å²) in [5.74, 6) is -2.27. The Balaban J connectivity index is 0.834. The molecule has 7 aromatic rings. The van der Waals surface area contributed by atoms with E-state index in [1.807, 2.05) is 30.3 Å². The third-order valence-electron chi connectivity index (χ3n) is 13.6. The fourth-order valence-electron chi connectivity index (χ4n) is 9.87. The second-order valence-electron chi connectivity index (χ2n) is 19.0. The zero-order chi connectivity index (χ0) is 60.2. The zero-order valence-corrected chi connectivity index (χ0v) is 47.9. The van der Waals surface area contributed by atoms with Gasteiger partial charge in [-0.05, 0) is 5.56 Å². The van der Waals surface area contributed by atoms with Crippen LogP contribution in [0.2, 0.25) is 0 Å². The molecule has 0 aliphatic carbocycles. The van der Waals surface area contributed by atoms with E-state index in [2.05, 4.69) is 66.1 Å². The number of fused-ring (bicyclic) bond motifs is 3. The summed E-state index contributed by atoms with van der Waals surface area (Å²) in [6, 6.07) is 9.27. The number of aliphatic hydroxyl groups excluding tert-OH is 4. The number of methoxy groups -OCH3 is 1. The van der Waals surface area contributed by atoms with E-state index in [1.165, 1.54) is 39.7 Å². The minimum atomic E-state index is -5.81. The molecule has 10 unspecified atom stereocenters. The van der Waals surface area contributed by atoms with Crippen LogP contribution in [0.5, 0.6) is 0 Å². The number of phosphoric acid groups is 3. The molecule has 456 valence electrons. The standard InChI is InChI=1S/C41H53N15O23P4S/c1-53-17-56(34-26(53)36(62)52-41(43)50-34)37-20(10-58)19(9-57)21(74-37)11-72-81(65,66)78-83(69,84)79-82(67,68)73-13-23-29(30(70-2)39(76-23)54-15-47-24-31(45-14-46-32(24)54)44-8-18-6-4-3-5-7-18)77-80(63,64)71-12-22-27(59)28(60)38(75-22)55-16-48-25-33(55)49-40(42)51-35(25)61/h3-7,14-17,19-23,27-30,37-39,57-60H,8-13H2,1-2H3,(H10-,42,43,44,45,46,49,50,51,52,61,62,63,64,65,66,67,68,69,84)/p+1/t19?,20?,21-,22-,23-,27?,28?,29?,30?,37-,38-,39-,83?/m1/s1. The second kappa shape index (κ2) is 24.3. The van der Waals surface area contributed by atoms with Crippen LogP contribution in [0.15, 0.2) is 65.2 Å². The number of aromatic amines is 2. The van der Waals surface area contributed by atoms with Crippen LogP contribution < -0.4 is 32.5 Å². The Morgan fingerprint density at radius 1 is 0.702 bits per heavy atom. The molecule has 0 amide bonds. The number of aryl methyl sites for hydroxylation is 1. The molecule has 43 heteroatoms. The molecule has 16 atom stereocenters. The lowest BCUT2D eigenvalue weighted by molar-refractivity contribution is -0.646. The zero-order valence-electron chi connectivity index (χ0n) is 43.4. The average Bonchev–Trinajstić information content (AvgIpc) is 2.71. The van der Waals surface area contributed by atoms with Crippen molar-refractivity contribution >= 4 is 93.7 Å². The normalized spacial score (nSPS) is 28.4. The van der Waals surface area contributed by atoms with E-state index in [0.29, 0.717) is 6.54 Å². The number of aromatic nitrogens is 12. The first-order chi connectivity index (χ1) is 39.8. The van der Waals surface area contributed by atoms with Crippen LogP contribution in [-0.4, -0.2) is 172 Å². The number of imidazole rings is 3. The summed E-state index contributed by atoms with van der Waals surface area (Å²) >= 11 is 3.59. The first-order valence-corrected chi connectivity index (χ1v) is 31.8. The Labute approximate surface area is 475 Å². The summed E-state index contributed by atoms with van der Waals surface area (Å²) in [7, 11) is -14.3. The number of phosphoric ester groups is 3. The molecule has 6 aromatic heterocycles. The molecule has 0 radical (unpaired) electrons. The van der Waals surface area contributed by atoms with Gasteiger partial charge in [0.05, 0.1) is 58.2 Å². The molecule has 38 nitrogen and oxygen atoms in total. The van der Waals surface area contributed by atoms with Crippen LogP contribution >= 0.6 is 42.5 Å². The molecule has 10 rings (SSSR count). The smallest absolute Gasteiger partial charge is 0.396 e. The van der Waals surface area contributed by atoms with E-state index in [4.69, 9.17) is 48.5 Å². The highest BCUT2D eigenvalue weighted by Gasteiger charge is 2.54. The van der Waals surface area contributed by atoms with Gasteiger partial charge in [-0.3, -0.25) is 46.8 Å². The topological polar surface area (TPSA) is 528 Å². The van der Waals surface area contributed by atoms with E-state index in [-0.39, 0.29) is 51.2 Å². The molecule has 3 fully saturated rings.